The van der Waals surface area contributed by atoms with Gasteiger partial charge in [0.2, 0.25) is 0 Å². The fraction of sp³-hybridized carbons (Fsp3) is 0.0500. The molecule has 0 aliphatic heterocycles. The second-order valence-electron chi connectivity index (χ2n) is 5.66. The van der Waals surface area contributed by atoms with Gasteiger partial charge < -0.3 is 15.1 Å². The van der Waals surface area contributed by atoms with Crippen LogP contribution in [0.5, 0.6) is 0 Å². The van der Waals surface area contributed by atoms with E-state index in [9.17, 15) is 9.59 Å². The number of nitrogens with one attached hydrogen (secondary N) is 3. The van der Waals surface area contributed by atoms with Crippen LogP contribution < -0.4 is 16.1 Å². The highest BCUT2D eigenvalue weighted by atomic mass is 35.5. The molecule has 7 nitrogen and oxygen atoms in total. The van der Waals surface area contributed by atoms with Gasteiger partial charge >= 0.3 is 6.03 Å². The molecule has 0 fully saturated rings. The third kappa shape index (κ3) is 5.46. The number of amides is 3. The first-order valence-electron chi connectivity index (χ1n) is 8.38. The van der Waals surface area contributed by atoms with E-state index in [-0.39, 0.29) is 18.2 Å². The quantitative estimate of drug-likeness (QED) is 0.435. The van der Waals surface area contributed by atoms with Crippen molar-refractivity contribution in [2.45, 2.75) is 0 Å². The van der Waals surface area contributed by atoms with E-state index in [1.807, 2.05) is 30.3 Å². The van der Waals surface area contributed by atoms with Crippen molar-refractivity contribution in [2.75, 3.05) is 11.9 Å². The molecule has 0 saturated heterocycles. The van der Waals surface area contributed by atoms with Gasteiger partial charge in [-0.1, -0.05) is 41.9 Å². The maximum absolute atomic E-state index is 12.1. The number of hydrogen-bond donors (Lipinski definition) is 3. The van der Waals surface area contributed by atoms with Gasteiger partial charge in [-0.05, 0) is 42.0 Å². The van der Waals surface area contributed by atoms with Crippen molar-refractivity contribution >= 4 is 34.9 Å². The second kappa shape index (κ2) is 9.38. The molecule has 0 unspecified atom stereocenters. The Morgan fingerprint density at radius 2 is 1.71 bits per heavy atom. The molecule has 2 aromatic carbocycles. The third-order valence-corrected chi connectivity index (χ3v) is 3.91. The zero-order valence-corrected chi connectivity index (χ0v) is 15.4. The van der Waals surface area contributed by atoms with Gasteiger partial charge in [0, 0.05) is 10.7 Å². The van der Waals surface area contributed by atoms with Gasteiger partial charge in [0.05, 0.1) is 18.5 Å². The minimum absolute atomic E-state index is 0.102. The average Bonchev–Trinajstić information content (AvgIpc) is 3.25. The first-order valence-corrected chi connectivity index (χ1v) is 8.76. The van der Waals surface area contributed by atoms with Gasteiger partial charge in [-0.25, -0.2) is 10.2 Å². The van der Waals surface area contributed by atoms with E-state index in [0.29, 0.717) is 16.4 Å². The van der Waals surface area contributed by atoms with Gasteiger partial charge in [0.25, 0.3) is 5.91 Å². The molecule has 1 heterocycles. The molecule has 0 bridgehead atoms. The molecule has 1 aromatic heterocycles. The van der Waals surface area contributed by atoms with Gasteiger partial charge in [0.15, 0.2) is 5.76 Å². The molecular formula is C20H17ClN4O3. The lowest BCUT2D eigenvalue weighted by atomic mass is 10.1. The van der Waals surface area contributed by atoms with E-state index in [4.69, 9.17) is 16.0 Å². The van der Waals surface area contributed by atoms with Crippen molar-refractivity contribution in [1.82, 2.24) is 10.7 Å². The Hall–Kier alpha value is -3.58. The smallest absolute Gasteiger partial charge is 0.339 e. The molecule has 3 amide bonds. The number of benzene rings is 2. The highest BCUT2D eigenvalue weighted by Crippen LogP contribution is 2.13. The third-order valence-electron chi connectivity index (χ3n) is 3.66. The second-order valence-corrected chi connectivity index (χ2v) is 6.09. The van der Waals surface area contributed by atoms with Gasteiger partial charge in [-0.15, -0.1) is 0 Å². The average molecular weight is 397 g/mol. The summed E-state index contributed by atoms with van der Waals surface area (Å²) in [7, 11) is 0. The van der Waals surface area contributed by atoms with E-state index < -0.39 is 6.03 Å². The van der Waals surface area contributed by atoms with Crippen LogP contribution in [0.3, 0.4) is 0 Å². The van der Waals surface area contributed by atoms with E-state index in [2.05, 4.69) is 21.2 Å². The highest BCUT2D eigenvalue weighted by Gasteiger charge is 2.11. The first kappa shape index (κ1) is 19.2. The van der Waals surface area contributed by atoms with E-state index in [0.717, 1.165) is 5.56 Å². The molecule has 0 aliphatic rings. The zero-order valence-electron chi connectivity index (χ0n) is 14.7. The van der Waals surface area contributed by atoms with Crippen LogP contribution in [0.4, 0.5) is 10.5 Å². The summed E-state index contributed by atoms with van der Waals surface area (Å²) in [6.45, 7) is 0.102. The molecule has 0 radical (unpaired) electrons. The summed E-state index contributed by atoms with van der Waals surface area (Å²) >= 11 is 5.82. The number of nitrogens with zero attached hydrogens (tertiary/aromatic N) is 1. The predicted octanol–water partition coefficient (Wildman–Crippen LogP) is 3.89. The van der Waals surface area contributed by atoms with Crippen molar-refractivity contribution in [3.63, 3.8) is 0 Å². The van der Waals surface area contributed by atoms with Crippen molar-refractivity contribution in [3.05, 3.63) is 89.3 Å². The molecule has 3 rings (SSSR count). The van der Waals surface area contributed by atoms with Gasteiger partial charge in [0.1, 0.15) is 0 Å². The van der Waals surface area contributed by atoms with Gasteiger partial charge in [-0.2, -0.15) is 5.10 Å². The molecule has 28 heavy (non-hydrogen) atoms. The zero-order chi connectivity index (χ0) is 19.8. The lowest BCUT2D eigenvalue weighted by Crippen LogP contribution is -2.32. The standard InChI is InChI=1S/C20H17ClN4O3/c21-15-8-10-16(11-9-15)23-20(27)25-24-17(14-5-2-1-3-6-14)13-22-19(26)18-7-4-12-28-18/h1-12H,13H2,(H,22,26)(H2,23,25,27)/b24-17-. The van der Waals surface area contributed by atoms with Crippen molar-refractivity contribution in [2.24, 2.45) is 5.10 Å². The van der Waals surface area contributed by atoms with Crippen LogP contribution in [0, 0.1) is 0 Å². The Kier molecular flexibility index (Phi) is 6.43. The Morgan fingerprint density at radius 1 is 0.964 bits per heavy atom. The van der Waals surface area contributed by atoms with Crippen LogP contribution in [-0.4, -0.2) is 24.2 Å². The molecule has 3 N–H and O–H groups in total. The summed E-state index contributed by atoms with van der Waals surface area (Å²) < 4.78 is 5.07. The van der Waals surface area contributed by atoms with E-state index in [1.54, 1.807) is 36.4 Å². The monoisotopic (exact) mass is 396 g/mol. The number of urea groups is 1. The summed E-state index contributed by atoms with van der Waals surface area (Å²) in [5.41, 5.74) is 4.24. The Labute approximate surface area is 166 Å². The summed E-state index contributed by atoms with van der Waals surface area (Å²) in [5, 5.41) is 10.1. The Bertz CT molecular complexity index is 955. The van der Waals surface area contributed by atoms with Crippen LogP contribution in [0.1, 0.15) is 16.1 Å². The molecule has 142 valence electrons. The number of anilines is 1. The number of rotatable bonds is 6. The fourth-order valence-electron chi connectivity index (χ4n) is 2.31. The maximum atomic E-state index is 12.1. The lowest BCUT2D eigenvalue weighted by Gasteiger charge is -2.09. The van der Waals surface area contributed by atoms with Crippen LogP contribution in [0.15, 0.2) is 82.5 Å². The number of halogens is 1. The van der Waals surface area contributed by atoms with Crippen LogP contribution in [0.25, 0.3) is 0 Å². The summed E-state index contributed by atoms with van der Waals surface area (Å²) in [6, 6.07) is 18.6. The lowest BCUT2D eigenvalue weighted by molar-refractivity contribution is 0.0932. The van der Waals surface area contributed by atoms with Crippen molar-refractivity contribution < 1.29 is 14.0 Å². The molecule has 0 atom stereocenters. The predicted molar refractivity (Wildman–Crippen MR) is 108 cm³/mol. The minimum Gasteiger partial charge on any atom is -0.459 e. The van der Waals surface area contributed by atoms with E-state index in [1.165, 1.54) is 6.26 Å². The number of hydrazone groups is 1. The Morgan fingerprint density at radius 3 is 2.39 bits per heavy atom. The summed E-state index contributed by atoms with van der Waals surface area (Å²) in [5.74, 6) is -0.180. The van der Waals surface area contributed by atoms with Crippen molar-refractivity contribution in [3.8, 4) is 0 Å². The minimum atomic E-state index is -0.520. The number of carbonyl (C=O) groups excluding carboxylic acids is 2. The van der Waals surface area contributed by atoms with Gasteiger partial charge in [-0.3, -0.25) is 4.79 Å². The topological polar surface area (TPSA) is 95.7 Å². The first-order chi connectivity index (χ1) is 13.6. The fourth-order valence-corrected chi connectivity index (χ4v) is 2.43. The van der Waals surface area contributed by atoms with E-state index >= 15 is 0 Å². The summed E-state index contributed by atoms with van der Waals surface area (Å²) in [4.78, 5) is 24.2. The molecular weight excluding hydrogens is 380 g/mol. The Balaban J connectivity index is 1.66. The van der Waals surface area contributed by atoms with Crippen LogP contribution in [-0.2, 0) is 0 Å². The van der Waals surface area contributed by atoms with Crippen LogP contribution in [0.2, 0.25) is 5.02 Å². The number of hydrogen-bond acceptors (Lipinski definition) is 4. The molecule has 0 saturated carbocycles. The highest BCUT2D eigenvalue weighted by molar-refractivity contribution is 6.30. The SMILES string of the molecule is O=C(N/N=C(/CNC(=O)c1ccco1)c1ccccc1)Nc1ccc(Cl)cc1. The molecule has 8 heteroatoms. The van der Waals surface area contributed by atoms with Crippen LogP contribution >= 0.6 is 11.6 Å². The molecule has 0 spiro atoms. The normalized spacial score (nSPS) is 11.0. The van der Waals surface area contributed by atoms with Crippen molar-refractivity contribution in [1.29, 1.82) is 0 Å². The maximum Gasteiger partial charge on any atom is 0.339 e. The molecule has 3 aromatic rings. The summed E-state index contributed by atoms with van der Waals surface area (Å²) in [6.07, 6.45) is 1.42. The molecule has 0 aliphatic carbocycles. The number of carbonyl (C=O) groups is 2. The largest absolute Gasteiger partial charge is 0.459 e. The number of furan rings is 1.